The lowest BCUT2D eigenvalue weighted by Crippen LogP contribution is -2.46. The Bertz CT molecular complexity index is 403. The molecule has 4 heteroatoms. The average molecular weight is 235 g/mol. The summed E-state index contributed by atoms with van der Waals surface area (Å²) in [5.74, 6) is 0.870. The van der Waals surface area contributed by atoms with E-state index >= 15 is 0 Å². The number of imidazole rings is 1. The highest BCUT2D eigenvalue weighted by molar-refractivity contribution is 5.14. The van der Waals surface area contributed by atoms with Crippen LogP contribution in [0.25, 0.3) is 0 Å². The Labute approximate surface area is 102 Å². The van der Waals surface area contributed by atoms with Crippen LogP contribution < -0.4 is 0 Å². The van der Waals surface area contributed by atoms with Gasteiger partial charge in [-0.1, -0.05) is 6.42 Å². The zero-order chi connectivity index (χ0) is 11.9. The van der Waals surface area contributed by atoms with Gasteiger partial charge in [0.05, 0.1) is 0 Å². The Balaban J connectivity index is 1.95. The summed E-state index contributed by atoms with van der Waals surface area (Å²) in [6.45, 7) is 5.13. The molecule has 94 valence electrons. The molecule has 0 aromatic carbocycles. The van der Waals surface area contributed by atoms with Gasteiger partial charge in [0.2, 0.25) is 0 Å². The normalized spacial score (nSPS) is 33.9. The molecule has 2 unspecified atom stereocenters. The molecule has 2 aliphatic heterocycles. The van der Waals surface area contributed by atoms with Gasteiger partial charge in [-0.15, -0.1) is 0 Å². The van der Waals surface area contributed by atoms with E-state index in [4.69, 9.17) is 0 Å². The van der Waals surface area contributed by atoms with E-state index in [0.29, 0.717) is 0 Å². The predicted octanol–water partition coefficient (Wildman–Crippen LogP) is 1.35. The lowest BCUT2D eigenvalue weighted by molar-refractivity contribution is -0.0235. The van der Waals surface area contributed by atoms with Crippen molar-refractivity contribution in [1.82, 2.24) is 14.5 Å². The minimum Gasteiger partial charge on any atom is -0.380 e. The molecule has 0 spiro atoms. The third-order valence-electron chi connectivity index (χ3n) is 4.39. The highest BCUT2D eigenvalue weighted by Crippen LogP contribution is 2.41. The first kappa shape index (κ1) is 11.2. The number of fused-ring (bicyclic) bond motifs is 1. The number of aliphatic hydroxyl groups is 1. The zero-order valence-electron chi connectivity index (χ0n) is 10.5. The van der Waals surface area contributed by atoms with Gasteiger partial charge in [0.15, 0.2) is 0 Å². The molecule has 0 saturated carbocycles. The van der Waals surface area contributed by atoms with Crippen LogP contribution in [0.2, 0.25) is 0 Å². The van der Waals surface area contributed by atoms with Gasteiger partial charge >= 0.3 is 0 Å². The predicted molar refractivity (Wildman–Crippen MR) is 65.6 cm³/mol. The highest BCUT2D eigenvalue weighted by Gasteiger charge is 2.50. The summed E-state index contributed by atoms with van der Waals surface area (Å²) in [6, 6.07) is 0.281. The van der Waals surface area contributed by atoms with Crippen LogP contribution in [-0.4, -0.2) is 38.7 Å². The molecule has 2 aliphatic rings. The Morgan fingerprint density at radius 3 is 3.18 bits per heavy atom. The van der Waals surface area contributed by atoms with Gasteiger partial charge in [-0.3, -0.25) is 4.90 Å². The van der Waals surface area contributed by atoms with Crippen LogP contribution in [0.15, 0.2) is 12.4 Å². The van der Waals surface area contributed by atoms with Crippen LogP contribution in [0, 0.1) is 0 Å². The van der Waals surface area contributed by atoms with E-state index in [9.17, 15) is 5.11 Å². The van der Waals surface area contributed by atoms with Crippen molar-refractivity contribution >= 4 is 0 Å². The number of aromatic nitrogens is 2. The Morgan fingerprint density at radius 1 is 1.47 bits per heavy atom. The van der Waals surface area contributed by atoms with E-state index in [1.807, 2.05) is 12.4 Å². The molecule has 2 atom stereocenters. The molecule has 3 rings (SSSR count). The van der Waals surface area contributed by atoms with Crippen LogP contribution in [0.5, 0.6) is 0 Å². The number of rotatable bonds is 2. The molecule has 1 aromatic heterocycles. The first-order valence-electron chi connectivity index (χ1n) is 6.74. The van der Waals surface area contributed by atoms with E-state index in [1.165, 1.54) is 12.8 Å². The second-order valence-electron chi connectivity index (χ2n) is 5.26. The molecule has 0 radical (unpaired) electrons. The Kier molecular flexibility index (Phi) is 2.71. The molecule has 0 bridgehead atoms. The van der Waals surface area contributed by atoms with Crippen molar-refractivity contribution in [1.29, 1.82) is 0 Å². The minimum absolute atomic E-state index is 0.281. The first-order chi connectivity index (χ1) is 8.25. The first-order valence-corrected chi connectivity index (χ1v) is 6.74. The lowest BCUT2D eigenvalue weighted by atomic mass is 9.88. The summed E-state index contributed by atoms with van der Waals surface area (Å²) < 4.78 is 2.08. The van der Waals surface area contributed by atoms with Gasteiger partial charge in [0, 0.05) is 31.5 Å². The Morgan fingerprint density at radius 2 is 2.35 bits per heavy atom. The maximum Gasteiger partial charge on any atom is 0.142 e. The van der Waals surface area contributed by atoms with Gasteiger partial charge in [0.1, 0.15) is 11.4 Å². The molecular formula is C13H21N3O. The molecule has 4 nitrogen and oxygen atoms in total. The molecule has 1 aromatic rings. The van der Waals surface area contributed by atoms with Crippen molar-refractivity contribution in [3.63, 3.8) is 0 Å². The lowest BCUT2D eigenvalue weighted by Gasteiger charge is -2.37. The van der Waals surface area contributed by atoms with Crippen molar-refractivity contribution in [2.24, 2.45) is 0 Å². The van der Waals surface area contributed by atoms with E-state index in [-0.39, 0.29) is 6.04 Å². The topological polar surface area (TPSA) is 41.3 Å². The zero-order valence-corrected chi connectivity index (χ0v) is 10.5. The van der Waals surface area contributed by atoms with Crippen molar-refractivity contribution in [2.45, 2.75) is 50.8 Å². The van der Waals surface area contributed by atoms with Crippen molar-refractivity contribution in [3.05, 3.63) is 18.2 Å². The van der Waals surface area contributed by atoms with E-state index in [2.05, 4.69) is 21.4 Å². The maximum atomic E-state index is 11.0. The summed E-state index contributed by atoms with van der Waals surface area (Å²) >= 11 is 0. The molecule has 0 amide bonds. The van der Waals surface area contributed by atoms with Crippen molar-refractivity contribution in [2.75, 3.05) is 13.1 Å². The average Bonchev–Trinajstić information content (AvgIpc) is 2.96. The van der Waals surface area contributed by atoms with Crippen LogP contribution in [0.4, 0.5) is 0 Å². The number of hydrogen-bond acceptors (Lipinski definition) is 3. The fourth-order valence-electron chi connectivity index (χ4n) is 3.49. The molecule has 0 aliphatic carbocycles. The SMILES string of the molecule is CCn1ccnc1C1(O)CCN2CCCCC21. The summed E-state index contributed by atoms with van der Waals surface area (Å²) in [7, 11) is 0. The second-order valence-corrected chi connectivity index (χ2v) is 5.26. The largest absolute Gasteiger partial charge is 0.380 e. The number of hydrogen-bond donors (Lipinski definition) is 1. The molecule has 2 fully saturated rings. The summed E-state index contributed by atoms with van der Waals surface area (Å²) in [6.07, 6.45) is 8.22. The molecule has 2 saturated heterocycles. The van der Waals surface area contributed by atoms with Crippen LogP contribution in [0.1, 0.15) is 38.4 Å². The standard InChI is InChI=1S/C13H21N3O/c1-2-15-10-7-14-12(15)13(17)6-9-16-8-4-3-5-11(13)16/h7,10-11,17H,2-6,8-9H2,1H3. The molecular weight excluding hydrogens is 214 g/mol. The minimum atomic E-state index is -0.722. The van der Waals surface area contributed by atoms with Crippen molar-refractivity contribution in [3.8, 4) is 0 Å². The fraction of sp³-hybridized carbons (Fsp3) is 0.769. The van der Waals surface area contributed by atoms with Gasteiger partial charge < -0.3 is 9.67 Å². The fourth-order valence-corrected chi connectivity index (χ4v) is 3.49. The molecule has 3 heterocycles. The Hall–Kier alpha value is -0.870. The quantitative estimate of drug-likeness (QED) is 0.841. The van der Waals surface area contributed by atoms with Gasteiger partial charge in [0.25, 0.3) is 0 Å². The smallest absolute Gasteiger partial charge is 0.142 e. The van der Waals surface area contributed by atoms with E-state index < -0.39 is 5.60 Å². The van der Waals surface area contributed by atoms with Crippen LogP contribution >= 0.6 is 0 Å². The van der Waals surface area contributed by atoms with Gasteiger partial charge in [-0.25, -0.2) is 4.98 Å². The maximum absolute atomic E-state index is 11.0. The van der Waals surface area contributed by atoms with Crippen LogP contribution in [0.3, 0.4) is 0 Å². The summed E-state index contributed by atoms with van der Waals surface area (Å²) in [5.41, 5.74) is -0.722. The van der Waals surface area contributed by atoms with E-state index in [1.54, 1.807) is 0 Å². The van der Waals surface area contributed by atoms with Crippen molar-refractivity contribution < 1.29 is 5.11 Å². The van der Waals surface area contributed by atoms with E-state index in [0.717, 1.165) is 38.3 Å². The third-order valence-corrected chi connectivity index (χ3v) is 4.39. The number of aryl methyl sites for hydroxylation is 1. The monoisotopic (exact) mass is 235 g/mol. The summed E-state index contributed by atoms with van der Waals surface area (Å²) in [4.78, 5) is 6.86. The van der Waals surface area contributed by atoms with Crippen LogP contribution in [-0.2, 0) is 12.1 Å². The molecule has 1 N–H and O–H groups in total. The van der Waals surface area contributed by atoms with Gasteiger partial charge in [-0.2, -0.15) is 0 Å². The number of nitrogens with zero attached hydrogens (tertiary/aromatic N) is 3. The number of piperidine rings is 1. The van der Waals surface area contributed by atoms with Gasteiger partial charge in [-0.05, 0) is 32.7 Å². The second kappa shape index (κ2) is 4.10. The third kappa shape index (κ3) is 1.62. The highest BCUT2D eigenvalue weighted by atomic mass is 16.3. The summed E-state index contributed by atoms with van der Waals surface area (Å²) in [5, 5.41) is 11.0. The molecule has 17 heavy (non-hydrogen) atoms.